The second kappa shape index (κ2) is 12.4. The van der Waals surface area contributed by atoms with E-state index in [0.29, 0.717) is 12.5 Å². The molecule has 2 heterocycles. The molecule has 2 aliphatic heterocycles. The Balaban J connectivity index is 0.00000169. The van der Waals surface area contributed by atoms with E-state index in [1.54, 1.807) is 0 Å². The molecule has 1 aromatic rings. The van der Waals surface area contributed by atoms with Gasteiger partial charge in [-0.05, 0) is 24.1 Å². The second-order valence-electron chi connectivity index (χ2n) is 6.52. The Morgan fingerprint density at radius 2 is 2.00 bits per heavy atom. The van der Waals surface area contributed by atoms with E-state index in [4.69, 9.17) is 0 Å². The van der Waals surface area contributed by atoms with Crippen LogP contribution in [0.2, 0.25) is 0 Å². The van der Waals surface area contributed by atoms with Crippen molar-refractivity contribution in [2.45, 2.75) is 25.9 Å². The van der Waals surface area contributed by atoms with Crippen LogP contribution >= 0.6 is 48.3 Å². The topological polar surface area (TPSA) is 44.4 Å². The van der Waals surface area contributed by atoms with Crippen molar-refractivity contribution in [2.75, 3.05) is 48.0 Å². The molecular formula is C18H29Cl2N3OS2. The maximum Gasteiger partial charge on any atom is 0.225 e. The molecule has 3 rings (SSSR count). The van der Waals surface area contributed by atoms with Crippen LogP contribution in [-0.4, -0.2) is 59.5 Å². The maximum atomic E-state index is 12.4. The van der Waals surface area contributed by atoms with Crippen molar-refractivity contribution in [1.29, 1.82) is 0 Å². The fourth-order valence-electron chi connectivity index (χ4n) is 3.10. The first-order valence-electron chi connectivity index (χ1n) is 8.71. The molecular weight excluding hydrogens is 409 g/mol. The minimum Gasteiger partial charge on any atom is -0.326 e. The summed E-state index contributed by atoms with van der Waals surface area (Å²) in [6.45, 7) is 6.36. The van der Waals surface area contributed by atoms with Crippen molar-refractivity contribution in [3.05, 3.63) is 29.3 Å². The lowest BCUT2D eigenvalue weighted by molar-refractivity contribution is -0.116. The van der Waals surface area contributed by atoms with Crippen LogP contribution in [-0.2, 0) is 11.3 Å². The van der Waals surface area contributed by atoms with Gasteiger partial charge in [0.15, 0.2) is 0 Å². The van der Waals surface area contributed by atoms with Gasteiger partial charge in [-0.1, -0.05) is 12.1 Å². The zero-order valence-electron chi connectivity index (χ0n) is 15.2. The molecule has 1 amide bonds. The van der Waals surface area contributed by atoms with Gasteiger partial charge in [0.25, 0.3) is 0 Å². The van der Waals surface area contributed by atoms with Gasteiger partial charge in [0.05, 0.1) is 0 Å². The standard InChI is InChI=1S/C18H27N3OS2.2ClH/c1-14-2-3-15(12-21-5-8-23-9-6-21)10-17(14)20-18(22)11-16-13-24-7-4-19-16;;/h2-3,10,16,19H,4-9,11-13H2,1H3,(H,20,22);2*1H. The number of carbonyl (C=O) groups is 1. The van der Waals surface area contributed by atoms with Crippen molar-refractivity contribution in [3.63, 3.8) is 0 Å². The third kappa shape index (κ3) is 7.49. The third-order valence-corrected chi connectivity index (χ3v) is 6.59. The number of benzene rings is 1. The highest BCUT2D eigenvalue weighted by Crippen LogP contribution is 2.20. The van der Waals surface area contributed by atoms with Gasteiger partial charge in [-0.3, -0.25) is 9.69 Å². The SMILES string of the molecule is Cc1ccc(CN2CCSCC2)cc1NC(=O)CC1CSCCN1.Cl.Cl. The van der Waals surface area contributed by atoms with Crippen LogP contribution in [0.5, 0.6) is 0 Å². The van der Waals surface area contributed by atoms with Gasteiger partial charge in [0.1, 0.15) is 0 Å². The minimum atomic E-state index is 0. The molecule has 0 aromatic heterocycles. The maximum absolute atomic E-state index is 12.4. The number of aryl methyl sites for hydroxylation is 1. The number of amides is 1. The summed E-state index contributed by atoms with van der Waals surface area (Å²) in [6, 6.07) is 6.76. The average Bonchev–Trinajstić information content (AvgIpc) is 2.60. The van der Waals surface area contributed by atoms with Crippen molar-refractivity contribution in [3.8, 4) is 0 Å². The fraction of sp³-hybridized carbons (Fsp3) is 0.611. The smallest absolute Gasteiger partial charge is 0.225 e. The molecule has 4 nitrogen and oxygen atoms in total. The highest BCUT2D eigenvalue weighted by molar-refractivity contribution is 7.99. The quantitative estimate of drug-likeness (QED) is 0.738. The van der Waals surface area contributed by atoms with E-state index in [-0.39, 0.29) is 30.7 Å². The summed E-state index contributed by atoms with van der Waals surface area (Å²) in [4.78, 5) is 14.9. The lowest BCUT2D eigenvalue weighted by atomic mass is 10.1. The number of hydrogen-bond donors (Lipinski definition) is 2. The number of rotatable bonds is 5. The molecule has 2 fully saturated rings. The van der Waals surface area contributed by atoms with E-state index in [1.165, 1.54) is 17.1 Å². The number of hydrogen-bond acceptors (Lipinski definition) is 5. The zero-order valence-corrected chi connectivity index (χ0v) is 18.4. The molecule has 0 radical (unpaired) electrons. The molecule has 1 aromatic carbocycles. The number of nitrogens with one attached hydrogen (secondary N) is 2. The summed E-state index contributed by atoms with van der Waals surface area (Å²) < 4.78 is 0. The Kier molecular flexibility index (Phi) is 11.4. The molecule has 8 heteroatoms. The summed E-state index contributed by atoms with van der Waals surface area (Å²) in [5.74, 6) is 4.74. The number of carbonyl (C=O) groups excluding carboxylic acids is 1. The largest absolute Gasteiger partial charge is 0.326 e. The van der Waals surface area contributed by atoms with Gasteiger partial charge < -0.3 is 10.6 Å². The van der Waals surface area contributed by atoms with E-state index >= 15 is 0 Å². The fourth-order valence-corrected chi connectivity index (χ4v) is 5.02. The van der Waals surface area contributed by atoms with Crippen molar-refractivity contribution < 1.29 is 4.79 Å². The van der Waals surface area contributed by atoms with Gasteiger partial charge in [0.2, 0.25) is 5.91 Å². The summed E-state index contributed by atoms with van der Waals surface area (Å²) in [7, 11) is 0. The van der Waals surface area contributed by atoms with Crippen LogP contribution in [0.4, 0.5) is 5.69 Å². The molecule has 0 aliphatic carbocycles. The highest BCUT2D eigenvalue weighted by atomic mass is 35.5. The molecule has 2 saturated heterocycles. The predicted molar refractivity (Wildman–Crippen MR) is 121 cm³/mol. The first kappa shape index (κ1) is 23.9. The summed E-state index contributed by atoms with van der Waals surface area (Å²) >= 11 is 3.96. The van der Waals surface area contributed by atoms with E-state index in [2.05, 4.69) is 40.7 Å². The Hall–Kier alpha value is -0.110. The van der Waals surface area contributed by atoms with Crippen LogP contribution in [0.25, 0.3) is 0 Å². The highest BCUT2D eigenvalue weighted by Gasteiger charge is 2.17. The molecule has 26 heavy (non-hydrogen) atoms. The summed E-state index contributed by atoms with van der Waals surface area (Å²) in [6.07, 6.45) is 0.556. The van der Waals surface area contributed by atoms with Crippen LogP contribution in [0.15, 0.2) is 18.2 Å². The molecule has 148 valence electrons. The lowest BCUT2D eigenvalue weighted by Crippen LogP contribution is -2.40. The lowest BCUT2D eigenvalue weighted by Gasteiger charge is -2.26. The Morgan fingerprint density at radius 1 is 1.23 bits per heavy atom. The first-order valence-corrected chi connectivity index (χ1v) is 11.0. The molecule has 2 N–H and O–H groups in total. The van der Waals surface area contributed by atoms with E-state index in [1.807, 2.05) is 23.5 Å². The van der Waals surface area contributed by atoms with E-state index < -0.39 is 0 Å². The molecule has 0 bridgehead atoms. The number of nitrogens with zero attached hydrogens (tertiary/aromatic N) is 1. The number of anilines is 1. The van der Waals surface area contributed by atoms with Crippen LogP contribution in [0, 0.1) is 6.92 Å². The first-order chi connectivity index (χ1) is 11.7. The van der Waals surface area contributed by atoms with Gasteiger partial charge in [-0.15, -0.1) is 24.8 Å². The van der Waals surface area contributed by atoms with Crippen LogP contribution in [0.1, 0.15) is 17.5 Å². The van der Waals surface area contributed by atoms with Gasteiger partial charge in [-0.25, -0.2) is 0 Å². The molecule has 0 spiro atoms. The third-order valence-electron chi connectivity index (χ3n) is 4.52. The van der Waals surface area contributed by atoms with Gasteiger partial charge in [0, 0.05) is 67.3 Å². The van der Waals surface area contributed by atoms with Crippen molar-refractivity contribution in [2.24, 2.45) is 0 Å². The Labute approximate surface area is 177 Å². The molecule has 1 atom stereocenters. The molecule has 2 aliphatic rings. The van der Waals surface area contributed by atoms with Crippen LogP contribution in [0.3, 0.4) is 0 Å². The van der Waals surface area contributed by atoms with Crippen molar-refractivity contribution >= 4 is 59.9 Å². The van der Waals surface area contributed by atoms with Gasteiger partial charge >= 0.3 is 0 Å². The van der Waals surface area contributed by atoms with E-state index in [9.17, 15) is 4.79 Å². The summed E-state index contributed by atoms with van der Waals surface area (Å²) in [5.41, 5.74) is 3.38. The number of thioether (sulfide) groups is 2. The normalized spacial score (nSPS) is 20.6. The minimum absolute atomic E-state index is 0. The monoisotopic (exact) mass is 437 g/mol. The number of halogens is 2. The van der Waals surface area contributed by atoms with E-state index in [0.717, 1.165) is 48.9 Å². The Bertz CT molecular complexity index is 565. The predicted octanol–water partition coefficient (Wildman–Crippen LogP) is 3.42. The Morgan fingerprint density at radius 3 is 2.69 bits per heavy atom. The average molecular weight is 438 g/mol. The summed E-state index contributed by atoms with van der Waals surface area (Å²) in [5, 5.41) is 6.55. The molecule has 1 unspecified atom stereocenters. The second-order valence-corrected chi connectivity index (χ2v) is 8.89. The van der Waals surface area contributed by atoms with Crippen molar-refractivity contribution in [1.82, 2.24) is 10.2 Å². The van der Waals surface area contributed by atoms with Gasteiger partial charge in [-0.2, -0.15) is 23.5 Å². The van der Waals surface area contributed by atoms with Crippen LogP contribution < -0.4 is 10.6 Å². The zero-order chi connectivity index (χ0) is 16.8. The molecule has 0 saturated carbocycles.